The zero-order valence-corrected chi connectivity index (χ0v) is 16.3. The summed E-state index contributed by atoms with van der Waals surface area (Å²) in [6, 6.07) is 9.64. The Balaban J connectivity index is 1.78. The van der Waals surface area contributed by atoms with Crippen LogP contribution in [-0.4, -0.2) is 31.3 Å². The minimum absolute atomic E-state index is 0.611. The number of nitrogens with one attached hydrogen (secondary N) is 1. The highest BCUT2D eigenvalue weighted by Crippen LogP contribution is 2.33. The van der Waals surface area contributed by atoms with Gasteiger partial charge in [-0.05, 0) is 50.6 Å². The summed E-state index contributed by atoms with van der Waals surface area (Å²) >= 11 is 3.61. The molecule has 0 atom stereocenters. The van der Waals surface area contributed by atoms with Gasteiger partial charge in [0.05, 0.1) is 19.8 Å². The van der Waals surface area contributed by atoms with E-state index in [1.165, 1.54) is 0 Å². The Labute approximate surface area is 157 Å². The Morgan fingerprint density at radius 1 is 1.04 bits per heavy atom. The molecule has 0 aliphatic rings. The van der Waals surface area contributed by atoms with E-state index in [1.54, 1.807) is 6.20 Å². The average Bonchev–Trinajstić information content (AvgIpc) is 2.62. The zero-order chi connectivity index (χ0) is 17.9. The predicted octanol–water partition coefficient (Wildman–Crippen LogP) is 4.20. The molecule has 0 aliphatic heterocycles. The third kappa shape index (κ3) is 6.55. The van der Waals surface area contributed by atoms with E-state index in [0.717, 1.165) is 41.0 Å². The van der Waals surface area contributed by atoms with Crippen LogP contribution in [0, 0.1) is 0 Å². The molecule has 0 radical (unpaired) electrons. The molecule has 0 saturated carbocycles. The Morgan fingerprint density at radius 2 is 1.80 bits per heavy atom. The molecule has 0 amide bonds. The van der Waals surface area contributed by atoms with E-state index < -0.39 is 0 Å². The van der Waals surface area contributed by atoms with Gasteiger partial charge in [0, 0.05) is 23.3 Å². The molecular weight excluding hydrogens is 384 g/mol. The van der Waals surface area contributed by atoms with Gasteiger partial charge in [-0.15, -0.1) is 0 Å². The van der Waals surface area contributed by atoms with E-state index in [0.29, 0.717) is 25.7 Å². The Hall–Kier alpha value is -1.79. The third-order valence-electron chi connectivity index (χ3n) is 3.41. The van der Waals surface area contributed by atoms with Gasteiger partial charge >= 0.3 is 0 Å². The summed E-state index contributed by atoms with van der Waals surface area (Å²) in [6.45, 7) is 7.40. The molecule has 0 spiro atoms. The minimum atomic E-state index is 0.611. The molecule has 0 bridgehead atoms. The van der Waals surface area contributed by atoms with E-state index in [9.17, 15) is 0 Å². The van der Waals surface area contributed by atoms with Crippen molar-refractivity contribution in [3.63, 3.8) is 0 Å². The lowest BCUT2D eigenvalue weighted by Gasteiger charge is -2.14. The normalized spacial score (nSPS) is 10.5. The van der Waals surface area contributed by atoms with Crippen molar-refractivity contribution in [3.05, 3.63) is 46.6 Å². The molecule has 136 valence electrons. The number of aromatic nitrogens is 1. The molecule has 1 N–H and O–H groups in total. The summed E-state index contributed by atoms with van der Waals surface area (Å²) in [5.74, 6) is 2.21. The number of benzene rings is 1. The summed E-state index contributed by atoms with van der Waals surface area (Å²) in [7, 11) is 0. The molecule has 2 aromatic rings. The number of hydrogen-bond donors (Lipinski definition) is 1. The second-order valence-corrected chi connectivity index (χ2v) is 6.16. The quantitative estimate of drug-likeness (QED) is 0.564. The van der Waals surface area contributed by atoms with Crippen molar-refractivity contribution < 1.29 is 14.2 Å². The zero-order valence-electron chi connectivity index (χ0n) is 14.8. The largest absolute Gasteiger partial charge is 0.490 e. The Kier molecular flexibility index (Phi) is 8.55. The van der Waals surface area contributed by atoms with Crippen LogP contribution in [0.25, 0.3) is 0 Å². The van der Waals surface area contributed by atoms with Gasteiger partial charge in [0.1, 0.15) is 0 Å². The van der Waals surface area contributed by atoms with Gasteiger partial charge in [-0.1, -0.05) is 22.0 Å². The highest BCUT2D eigenvalue weighted by Gasteiger charge is 2.10. The maximum atomic E-state index is 5.68. The predicted molar refractivity (Wildman–Crippen MR) is 103 cm³/mol. The van der Waals surface area contributed by atoms with Crippen LogP contribution in [0.2, 0.25) is 0 Å². The van der Waals surface area contributed by atoms with Crippen LogP contribution >= 0.6 is 15.9 Å². The first-order chi connectivity index (χ1) is 12.2. The van der Waals surface area contributed by atoms with Crippen LogP contribution in [0.4, 0.5) is 0 Å². The van der Waals surface area contributed by atoms with Crippen LogP contribution in [-0.2, 0) is 6.54 Å². The highest BCUT2D eigenvalue weighted by atomic mass is 79.9. The van der Waals surface area contributed by atoms with Gasteiger partial charge in [-0.25, -0.2) is 4.98 Å². The standard InChI is InChI=1S/C19H25BrN2O3/c1-3-23-17-12-15(16(20)13-18(17)24-4-2)14-21-9-7-11-25-19-8-5-6-10-22-19/h5-6,8,10,12-13,21H,3-4,7,9,11,14H2,1-2H3. The van der Waals surface area contributed by atoms with Crippen molar-refractivity contribution in [3.8, 4) is 17.4 Å². The summed E-state index contributed by atoms with van der Waals surface area (Å²) < 4.78 is 17.9. The third-order valence-corrected chi connectivity index (χ3v) is 4.15. The monoisotopic (exact) mass is 408 g/mol. The van der Waals surface area contributed by atoms with E-state index in [-0.39, 0.29) is 0 Å². The van der Waals surface area contributed by atoms with Gasteiger partial charge in [0.15, 0.2) is 11.5 Å². The summed E-state index contributed by atoms with van der Waals surface area (Å²) in [6.07, 6.45) is 2.64. The van der Waals surface area contributed by atoms with Crippen LogP contribution in [0.3, 0.4) is 0 Å². The number of halogens is 1. The fourth-order valence-corrected chi connectivity index (χ4v) is 2.74. The second-order valence-electron chi connectivity index (χ2n) is 5.30. The lowest BCUT2D eigenvalue weighted by molar-refractivity contribution is 0.287. The van der Waals surface area contributed by atoms with Crippen molar-refractivity contribution >= 4 is 15.9 Å². The molecule has 1 heterocycles. The summed E-state index contributed by atoms with van der Waals surface area (Å²) in [4.78, 5) is 4.13. The van der Waals surface area contributed by atoms with E-state index in [4.69, 9.17) is 14.2 Å². The number of hydrogen-bond acceptors (Lipinski definition) is 5. The van der Waals surface area contributed by atoms with Crippen molar-refractivity contribution in [2.75, 3.05) is 26.4 Å². The molecule has 0 fully saturated rings. The average molecular weight is 409 g/mol. The minimum Gasteiger partial charge on any atom is -0.490 e. The first-order valence-corrected chi connectivity index (χ1v) is 9.36. The Bertz CT molecular complexity index is 638. The summed E-state index contributed by atoms with van der Waals surface area (Å²) in [5, 5.41) is 3.42. The molecule has 0 unspecified atom stereocenters. The van der Waals surface area contributed by atoms with Gasteiger partial charge in [0.25, 0.3) is 0 Å². The molecular formula is C19H25BrN2O3. The van der Waals surface area contributed by atoms with Crippen molar-refractivity contribution in [2.45, 2.75) is 26.8 Å². The SMILES string of the molecule is CCOc1cc(Br)c(CNCCCOc2ccccn2)cc1OCC. The van der Waals surface area contributed by atoms with Crippen molar-refractivity contribution in [1.82, 2.24) is 10.3 Å². The molecule has 0 aliphatic carbocycles. The number of rotatable bonds is 11. The maximum Gasteiger partial charge on any atom is 0.213 e. The van der Waals surface area contributed by atoms with E-state index in [1.807, 2.05) is 44.2 Å². The van der Waals surface area contributed by atoms with E-state index >= 15 is 0 Å². The molecule has 1 aromatic carbocycles. The molecule has 5 nitrogen and oxygen atoms in total. The molecule has 2 rings (SSSR count). The first-order valence-electron chi connectivity index (χ1n) is 8.57. The number of nitrogens with zero attached hydrogens (tertiary/aromatic N) is 1. The van der Waals surface area contributed by atoms with Gasteiger partial charge in [-0.2, -0.15) is 0 Å². The first kappa shape index (κ1) is 19.5. The highest BCUT2D eigenvalue weighted by molar-refractivity contribution is 9.10. The Morgan fingerprint density at radius 3 is 2.48 bits per heavy atom. The lowest BCUT2D eigenvalue weighted by Crippen LogP contribution is -2.17. The molecule has 1 aromatic heterocycles. The van der Waals surface area contributed by atoms with Crippen LogP contribution in [0.5, 0.6) is 17.4 Å². The van der Waals surface area contributed by atoms with Gasteiger partial charge in [0.2, 0.25) is 5.88 Å². The topological polar surface area (TPSA) is 52.6 Å². The number of pyridine rings is 1. The van der Waals surface area contributed by atoms with E-state index in [2.05, 4.69) is 26.2 Å². The van der Waals surface area contributed by atoms with Gasteiger partial charge < -0.3 is 19.5 Å². The fraction of sp³-hybridized carbons (Fsp3) is 0.421. The lowest BCUT2D eigenvalue weighted by atomic mass is 10.2. The van der Waals surface area contributed by atoms with Crippen LogP contribution < -0.4 is 19.5 Å². The molecule has 25 heavy (non-hydrogen) atoms. The fourth-order valence-electron chi connectivity index (χ4n) is 2.28. The maximum absolute atomic E-state index is 5.68. The second kappa shape index (κ2) is 10.9. The smallest absolute Gasteiger partial charge is 0.213 e. The summed E-state index contributed by atoms with van der Waals surface area (Å²) in [5.41, 5.74) is 1.14. The molecule has 6 heteroatoms. The van der Waals surface area contributed by atoms with Crippen LogP contribution in [0.15, 0.2) is 41.0 Å². The van der Waals surface area contributed by atoms with Crippen molar-refractivity contribution in [2.24, 2.45) is 0 Å². The molecule has 0 saturated heterocycles. The number of ether oxygens (including phenoxy) is 3. The van der Waals surface area contributed by atoms with Crippen LogP contribution in [0.1, 0.15) is 25.8 Å². The van der Waals surface area contributed by atoms with Crippen molar-refractivity contribution in [1.29, 1.82) is 0 Å². The van der Waals surface area contributed by atoms with Gasteiger partial charge in [-0.3, -0.25) is 0 Å².